The van der Waals surface area contributed by atoms with Gasteiger partial charge in [-0.3, -0.25) is 9.59 Å². The Morgan fingerprint density at radius 3 is 1.52 bits per heavy atom. The van der Waals surface area contributed by atoms with Gasteiger partial charge in [-0.05, 0) is 17.5 Å². The molecule has 2 rings (SSSR count). The van der Waals surface area contributed by atoms with Crippen molar-refractivity contribution in [3.8, 4) is 0 Å². The summed E-state index contributed by atoms with van der Waals surface area (Å²) >= 11 is 0. The molecule has 0 saturated heterocycles. The second kappa shape index (κ2) is 14.6. The molecule has 2 aromatic rings. The Bertz CT molecular complexity index is 1250. The summed E-state index contributed by atoms with van der Waals surface area (Å²) < 4.78 is 121. The van der Waals surface area contributed by atoms with Gasteiger partial charge in [0.25, 0.3) is 5.91 Å². The van der Waals surface area contributed by atoms with E-state index in [1.165, 1.54) is 0 Å². The third-order valence-electron chi connectivity index (χ3n) is 4.87. The molecule has 1 N–H and O–H groups in total. The summed E-state index contributed by atoms with van der Waals surface area (Å²) in [6.07, 6.45) is -0.698. The fourth-order valence-corrected chi connectivity index (χ4v) is 3.06. The molecular weight excluding hydrogens is 566 g/mol. The van der Waals surface area contributed by atoms with Crippen molar-refractivity contribution in [3.05, 3.63) is 78.6 Å². The molecule has 0 aliphatic carbocycles. The third-order valence-corrected chi connectivity index (χ3v) is 4.87. The van der Waals surface area contributed by atoms with Crippen molar-refractivity contribution in [2.45, 2.75) is 12.8 Å². The van der Waals surface area contributed by atoms with E-state index in [-0.39, 0.29) is 39.4 Å². The van der Waals surface area contributed by atoms with Crippen molar-refractivity contribution >= 4 is 23.1 Å². The average molecular weight is 581 g/mol. The number of carbonyl (C=O) groups is 2. The highest BCUT2D eigenvalue weighted by atomic mass is 19.2. The molecule has 19 heteroatoms. The Balaban J connectivity index is 1.73. The Kier molecular flexibility index (Phi) is 11.6. The van der Waals surface area contributed by atoms with Crippen LogP contribution in [0.15, 0.2) is 10.2 Å². The lowest BCUT2D eigenvalue weighted by atomic mass is 10.0. The van der Waals surface area contributed by atoms with Gasteiger partial charge in [-0.25, -0.2) is 35.1 Å². The quantitative estimate of drug-likeness (QED) is 0.0542. The highest BCUT2D eigenvalue weighted by Crippen LogP contribution is 2.32. The maximum absolute atomic E-state index is 14.0. The molecular formula is C21H15F8N7O4. The van der Waals surface area contributed by atoms with E-state index in [4.69, 9.17) is 20.5 Å². The van der Waals surface area contributed by atoms with E-state index >= 15 is 0 Å². The third kappa shape index (κ3) is 7.15. The predicted octanol–water partition coefficient (Wildman–Crippen LogP) is 6.11. The van der Waals surface area contributed by atoms with Crippen molar-refractivity contribution in [2.75, 3.05) is 33.0 Å². The smallest absolute Gasteiger partial charge is 0.257 e. The number of azide groups is 2. The number of ketones is 1. The number of hydrogen-bond acceptors (Lipinski definition) is 6. The van der Waals surface area contributed by atoms with Crippen molar-refractivity contribution < 1.29 is 54.2 Å². The van der Waals surface area contributed by atoms with Gasteiger partial charge in [0, 0.05) is 29.4 Å². The molecule has 1 amide bonds. The van der Waals surface area contributed by atoms with Crippen molar-refractivity contribution in [3.63, 3.8) is 0 Å². The van der Waals surface area contributed by atoms with Crippen LogP contribution in [0.3, 0.4) is 0 Å². The van der Waals surface area contributed by atoms with Crippen LogP contribution in [0.25, 0.3) is 20.9 Å². The first kappa shape index (κ1) is 31.8. The summed E-state index contributed by atoms with van der Waals surface area (Å²) in [6, 6.07) is 0. The second-order valence-corrected chi connectivity index (χ2v) is 7.35. The number of nitrogens with one attached hydrogen (secondary N) is 1. The predicted molar refractivity (Wildman–Crippen MR) is 118 cm³/mol. The van der Waals surface area contributed by atoms with Gasteiger partial charge < -0.3 is 14.8 Å². The molecule has 11 nitrogen and oxygen atoms in total. The van der Waals surface area contributed by atoms with E-state index in [1.807, 2.05) is 15.1 Å². The fourth-order valence-electron chi connectivity index (χ4n) is 3.06. The maximum atomic E-state index is 14.0. The standard InChI is InChI=1S/C21H15F8N7O4/c22-11-9(12(23)16(27)19(15(11)26)33-35-30)8(37)2-1-4-39-6-7-40-5-3-32-21(38)10-13(24)17(28)20(34-36-31)18(29)14(10)25/h1-7H2,(H,32,38). The fraction of sp³-hybridized carbons (Fsp3) is 0.333. The van der Waals surface area contributed by atoms with Crippen molar-refractivity contribution in [1.82, 2.24) is 5.32 Å². The number of nitrogens with zero attached hydrogens (tertiary/aromatic N) is 6. The summed E-state index contributed by atoms with van der Waals surface area (Å²) in [5, 5.41) is 6.96. The Morgan fingerprint density at radius 2 is 1.07 bits per heavy atom. The number of Topliss-reactive ketones (excluding diaryl/α,β-unsaturated/α-hetero) is 1. The second-order valence-electron chi connectivity index (χ2n) is 7.35. The molecule has 0 fully saturated rings. The molecule has 2 aromatic carbocycles. The van der Waals surface area contributed by atoms with Gasteiger partial charge in [0.2, 0.25) is 0 Å². The van der Waals surface area contributed by atoms with Gasteiger partial charge in [0.1, 0.15) is 16.9 Å². The lowest BCUT2D eigenvalue weighted by molar-refractivity contribution is 0.0464. The molecule has 0 aromatic heterocycles. The van der Waals surface area contributed by atoms with Crippen LogP contribution in [0.1, 0.15) is 33.6 Å². The summed E-state index contributed by atoms with van der Waals surface area (Å²) in [5.41, 5.74) is 10.2. The van der Waals surface area contributed by atoms with Gasteiger partial charge in [-0.2, -0.15) is 0 Å². The number of benzene rings is 2. The number of ether oxygens (including phenoxy) is 2. The minimum Gasteiger partial charge on any atom is -0.379 e. The van der Waals surface area contributed by atoms with Crippen LogP contribution >= 0.6 is 0 Å². The van der Waals surface area contributed by atoms with Crippen LogP contribution in [0.4, 0.5) is 46.5 Å². The minimum atomic E-state index is -2.07. The molecule has 0 radical (unpaired) electrons. The molecule has 0 aliphatic rings. The SMILES string of the molecule is [N-]=[N+]=Nc1c(F)c(F)c(C(=O)CCCOCCOCCNC(=O)c2c(F)c(F)c(N=[N+]=[N-])c(F)c2F)c(F)c1F. The van der Waals surface area contributed by atoms with Gasteiger partial charge in [-0.15, -0.1) is 0 Å². The Labute approximate surface area is 217 Å². The van der Waals surface area contributed by atoms with Crippen LogP contribution in [0.2, 0.25) is 0 Å². The summed E-state index contributed by atoms with van der Waals surface area (Å²) in [5.74, 6) is -19.2. The van der Waals surface area contributed by atoms with E-state index in [9.17, 15) is 44.7 Å². The van der Waals surface area contributed by atoms with Gasteiger partial charge >= 0.3 is 0 Å². The highest BCUT2D eigenvalue weighted by Gasteiger charge is 2.29. The summed E-state index contributed by atoms with van der Waals surface area (Å²) in [6.45, 7) is -0.985. The lowest BCUT2D eigenvalue weighted by Crippen LogP contribution is -2.30. The number of rotatable bonds is 14. The Hall–Kier alpha value is -4.44. The molecule has 0 spiro atoms. The molecule has 0 bridgehead atoms. The van der Waals surface area contributed by atoms with E-state index in [0.717, 1.165) is 0 Å². The van der Waals surface area contributed by atoms with Crippen molar-refractivity contribution in [2.24, 2.45) is 10.2 Å². The molecule has 0 unspecified atom stereocenters. The number of hydrogen-bond donors (Lipinski definition) is 1. The van der Waals surface area contributed by atoms with E-state index in [0.29, 0.717) is 0 Å². The average Bonchev–Trinajstić information content (AvgIpc) is 2.92. The zero-order valence-electron chi connectivity index (χ0n) is 19.8. The highest BCUT2D eigenvalue weighted by molar-refractivity contribution is 5.97. The summed E-state index contributed by atoms with van der Waals surface area (Å²) in [4.78, 5) is 28.0. The summed E-state index contributed by atoms with van der Waals surface area (Å²) in [7, 11) is 0. The van der Waals surface area contributed by atoms with Gasteiger partial charge in [0.15, 0.2) is 52.3 Å². The first-order chi connectivity index (χ1) is 19.0. The number of carbonyl (C=O) groups excluding carboxylic acids is 2. The van der Waals surface area contributed by atoms with Crippen LogP contribution in [0, 0.1) is 46.5 Å². The van der Waals surface area contributed by atoms with Crippen LogP contribution in [-0.2, 0) is 9.47 Å². The first-order valence-electron chi connectivity index (χ1n) is 10.8. The van der Waals surface area contributed by atoms with Crippen LogP contribution in [0.5, 0.6) is 0 Å². The zero-order valence-corrected chi connectivity index (χ0v) is 19.8. The van der Waals surface area contributed by atoms with E-state index in [2.05, 4.69) is 10.2 Å². The molecule has 0 atom stereocenters. The largest absolute Gasteiger partial charge is 0.379 e. The lowest BCUT2D eigenvalue weighted by Gasteiger charge is -2.10. The molecule has 0 heterocycles. The van der Waals surface area contributed by atoms with Crippen LogP contribution < -0.4 is 5.32 Å². The molecule has 0 saturated carbocycles. The molecule has 40 heavy (non-hydrogen) atoms. The molecule has 0 aliphatic heterocycles. The monoisotopic (exact) mass is 581 g/mol. The topological polar surface area (TPSA) is 162 Å². The van der Waals surface area contributed by atoms with Crippen molar-refractivity contribution in [1.29, 1.82) is 0 Å². The normalized spacial score (nSPS) is 10.6. The van der Waals surface area contributed by atoms with Crippen LogP contribution in [-0.4, -0.2) is 44.7 Å². The Morgan fingerprint density at radius 1 is 0.650 bits per heavy atom. The first-order valence-corrected chi connectivity index (χ1v) is 10.8. The molecule has 214 valence electrons. The zero-order chi connectivity index (χ0) is 30.0. The number of halogens is 8. The minimum absolute atomic E-state index is 0.102. The number of amides is 1. The van der Waals surface area contributed by atoms with Gasteiger partial charge in [0.05, 0.1) is 25.4 Å². The van der Waals surface area contributed by atoms with E-state index < -0.39 is 87.2 Å². The van der Waals surface area contributed by atoms with E-state index in [1.54, 1.807) is 0 Å². The van der Waals surface area contributed by atoms with Gasteiger partial charge in [-0.1, -0.05) is 10.2 Å². The maximum Gasteiger partial charge on any atom is 0.257 e.